The Bertz CT molecular complexity index is 573. The molecule has 1 N–H and O–H groups in total. The molecule has 0 aliphatic rings. The Morgan fingerprint density at radius 1 is 0.773 bits per heavy atom. The van der Waals surface area contributed by atoms with Crippen LogP contribution in [0.1, 0.15) is 11.1 Å². The van der Waals surface area contributed by atoms with E-state index in [-0.39, 0.29) is 17.0 Å². The lowest BCUT2D eigenvalue weighted by molar-refractivity contribution is 0.397. The van der Waals surface area contributed by atoms with E-state index in [1.807, 2.05) is 30.3 Å². The van der Waals surface area contributed by atoms with Gasteiger partial charge in [-0.3, -0.25) is 0 Å². The second-order valence-corrected chi connectivity index (χ2v) is 4.63. The molecule has 5 heteroatoms. The number of rotatable bonds is 7. The third kappa shape index (κ3) is 4.93. The summed E-state index contributed by atoms with van der Waals surface area (Å²) < 4.78 is 15.8. The van der Waals surface area contributed by atoms with Gasteiger partial charge in [0.25, 0.3) is 0 Å². The molecule has 0 radical (unpaired) electrons. The number of methoxy groups -OCH3 is 3. The minimum atomic E-state index is 0. The van der Waals surface area contributed by atoms with Crippen LogP contribution >= 0.6 is 17.0 Å². The van der Waals surface area contributed by atoms with Crippen LogP contribution in [0.5, 0.6) is 17.2 Å². The standard InChI is InChI=1S/C17H21NO3.BrH/c1-19-15-6-4-13(5-7-15)11-18-12-14-10-16(20-2)8-9-17(14)21-3;/h4-10,18H,11-12H2,1-3H3;1H. The highest BCUT2D eigenvalue weighted by Crippen LogP contribution is 2.23. The number of hydrogen-bond acceptors (Lipinski definition) is 4. The molecule has 0 saturated heterocycles. The van der Waals surface area contributed by atoms with Crippen molar-refractivity contribution in [2.75, 3.05) is 21.3 Å². The van der Waals surface area contributed by atoms with Crippen LogP contribution in [0.15, 0.2) is 42.5 Å². The second-order valence-electron chi connectivity index (χ2n) is 4.63. The minimum absolute atomic E-state index is 0. The van der Waals surface area contributed by atoms with Crippen LogP contribution in [-0.4, -0.2) is 21.3 Å². The molecular formula is C17H22BrNO3. The second kappa shape index (κ2) is 9.33. The molecule has 2 rings (SSSR count). The first kappa shape index (κ1) is 18.3. The lowest BCUT2D eigenvalue weighted by Gasteiger charge is -2.11. The number of hydrogen-bond donors (Lipinski definition) is 1. The average molecular weight is 368 g/mol. The fourth-order valence-corrected chi connectivity index (χ4v) is 2.10. The van der Waals surface area contributed by atoms with Crippen molar-refractivity contribution in [1.82, 2.24) is 5.32 Å². The molecule has 0 saturated carbocycles. The summed E-state index contributed by atoms with van der Waals surface area (Å²) >= 11 is 0. The fourth-order valence-electron chi connectivity index (χ4n) is 2.10. The predicted molar refractivity (Wildman–Crippen MR) is 93.4 cm³/mol. The van der Waals surface area contributed by atoms with Gasteiger partial charge in [-0.15, -0.1) is 17.0 Å². The van der Waals surface area contributed by atoms with E-state index in [2.05, 4.69) is 17.4 Å². The topological polar surface area (TPSA) is 39.7 Å². The van der Waals surface area contributed by atoms with Crippen molar-refractivity contribution in [2.24, 2.45) is 0 Å². The van der Waals surface area contributed by atoms with Gasteiger partial charge in [-0.05, 0) is 35.9 Å². The molecule has 0 fully saturated rings. The molecule has 2 aromatic rings. The van der Waals surface area contributed by atoms with Crippen LogP contribution in [0.2, 0.25) is 0 Å². The summed E-state index contributed by atoms with van der Waals surface area (Å²) in [5, 5.41) is 3.41. The van der Waals surface area contributed by atoms with Crippen LogP contribution < -0.4 is 19.5 Å². The maximum absolute atomic E-state index is 5.37. The van der Waals surface area contributed by atoms with Gasteiger partial charge in [-0.25, -0.2) is 0 Å². The van der Waals surface area contributed by atoms with E-state index in [1.165, 1.54) is 5.56 Å². The molecule has 4 nitrogen and oxygen atoms in total. The third-order valence-electron chi connectivity index (χ3n) is 3.29. The summed E-state index contributed by atoms with van der Waals surface area (Å²) in [6.45, 7) is 1.50. The van der Waals surface area contributed by atoms with Crippen molar-refractivity contribution >= 4 is 17.0 Å². The van der Waals surface area contributed by atoms with E-state index >= 15 is 0 Å². The van der Waals surface area contributed by atoms with Crippen molar-refractivity contribution in [3.63, 3.8) is 0 Å². The van der Waals surface area contributed by atoms with Gasteiger partial charge < -0.3 is 19.5 Å². The van der Waals surface area contributed by atoms with Crippen LogP contribution in [-0.2, 0) is 13.1 Å². The van der Waals surface area contributed by atoms with E-state index in [0.29, 0.717) is 6.54 Å². The van der Waals surface area contributed by atoms with Gasteiger partial charge in [-0.1, -0.05) is 12.1 Å². The average Bonchev–Trinajstić information content (AvgIpc) is 2.55. The van der Waals surface area contributed by atoms with Crippen molar-refractivity contribution in [3.8, 4) is 17.2 Å². The summed E-state index contributed by atoms with van der Waals surface area (Å²) in [5.41, 5.74) is 2.28. The summed E-state index contributed by atoms with van der Waals surface area (Å²) in [7, 11) is 5.01. The van der Waals surface area contributed by atoms with Gasteiger partial charge in [0.2, 0.25) is 0 Å². The number of halogens is 1. The highest BCUT2D eigenvalue weighted by atomic mass is 79.9. The smallest absolute Gasteiger partial charge is 0.123 e. The number of ether oxygens (including phenoxy) is 3. The SMILES string of the molecule is Br.COc1ccc(CNCc2cc(OC)ccc2OC)cc1. The third-order valence-corrected chi connectivity index (χ3v) is 3.29. The summed E-state index contributed by atoms with van der Waals surface area (Å²) in [5.74, 6) is 2.56. The minimum Gasteiger partial charge on any atom is -0.497 e. The van der Waals surface area contributed by atoms with Gasteiger partial charge in [0.05, 0.1) is 21.3 Å². The molecule has 0 aliphatic carbocycles. The Balaban J connectivity index is 0.00000242. The van der Waals surface area contributed by atoms with Crippen LogP contribution in [0.4, 0.5) is 0 Å². The summed E-state index contributed by atoms with van der Waals surface area (Å²) in [6.07, 6.45) is 0. The van der Waals surface area contributed by atoms with E-state index < -0.39 is 0 Å². The Labute approximate surface area is 142 Å². The van der Waals surface area contributed by atoms with Crippen LogP contribution in [0.3, 0.4) is 0 Å². The zero-order valence-electron chi connectivity index (χ0n) is 13.1. The zero-order chi connectivity index (χ0) is 15.1. The van der Waals surface area contributed by atoms with Gasteiger partial charge >= 0.3 is 0 Å². The van der Waals surface area contributed by atoms with Crippen LogP contribution in [0.25, 0.3) is 0 Å². The molecule has 0 spiro atoms. The Morgan fingerprint density at radius 3 is 2.00 bits per heavy atom. The molecule has 0 aliphatic heterocycles. The van der Waals surface area contributed by atoms with Gasteiger partial charge in [0.1, 0.15) is 17.2 Å². The maximum atomic E-state index is 5.37. The Hall–Kier alpha value is -1.72. The first-order valence-electron chi connectivity index (χ1n) is 6.81. The number of benzene rings is 2. The molecule has 2 aromatic carbocycles. The van der Waals surface area contributed by atoms with E-state index in [9.17, 15) is 0 Å². The molecule has 0 atom stereocenters. The lowest BCUT2D eigenvalue weighted by atomic mass is 10.1. The maximum Gasteiger partial charge on any atom is 0.123 e. The fraction of sp³-hybridized carbons (Fsp3) is 0.294. The predicted octanol–water partition coefficient (Wildman–Crippen LogP) is 3.58. The normalized spacial score (nSPS) is 9.77. The Morgan fingerprint density at radius 2 is 1.41 bits per heavy atom. The van der Waals surface area contributed by atoms with Crippen molar-refractivity contribution in [3.05, 3.63) is 53.6 Å². The quantitative estimate of drug-likeness (QED) is 0.811. The largest absolute Gasteiger partial charge is 0.497 e. The molecule has 0 aromatic heterocycles. The van der Waals surface area contributed by atoms with Gasteiger partial charge in [-0.2, -0.15) is 0 Å². The molecule has 0 unspecified atom stereocenters. The van der Waals surface area contributed by atoms with Crippen LogP contribution in [0, 0.1) is 0 Å². The Kier molecular flexibility index (Phi) is 7.77. The van der Waals surface area contributed by atoms with E-state index in [0.717, 1.165) is 29.4 Å². The monoisotopic (exact) mass is 367 g/mol. The zero-order valence-corrected chi connectivity index (χ0v) is 14.8. The van der Waals surface area contributed by atoms with Gasteiger partial charge in [0, 0.05) is 18.7 Å². The molecule has 22 heavy (non-hydrogen) atoms. The molecule has 0 amide bonds. The van der Waals surface area contributed by atoms with E-state index in [1.54, 1.807) is 21.3 Å². The molecule has 0 heterocycles. The first-order valence-corrected chi connectivity index (χ1v) is 6.81. The van der Waals surface area contributed by atoms with Crippen molar-refractivity contribution in [1.29, 1.82) is 0 Å². The van der Waals surface area contributed by atoms with Crippen molar-refractivity contribution in [2.45, 2.75) is 13.1 Å². The summed E-state index contributed by atoms with van der Waals surface area (Å²) in [6, 6.07) is 13.8. The van der Waals surface area contributed by atoms with Crippen molar-refractivity contribution < 1.29 is 14.2 Å². The molecule has 0 bridgehead atoms. The van der Waals surface area contributed by atoms with E-state index in [4.69, 9.17) is 14.2 Å². The summed E-state index contributed by atoms with van der Waals surface area (Å²) in [4.78, 5) is 0. The lowest BCUT2D eigenvalue weighted by Crippen LogP contribution is -2.13. The number of nitrogens with one attached hydrogen (secondary N) is 1. The first-order chi connectivity index (χ1) is 10.3. The van der Waals surface area contributed by atoms with Gasteiger partial charge in [0.15, 0.2) is 0 Å². The molecular weight excluding hydrogens is 346 g/mol. The molecule has 120 valence electrons. The highest BCUT2D eigenvalue weighted by Gasteiger charge is 2.04. The highest BCUT2D eigenvalue weighted by molar-refractivity contribution is 8.93.